The summed E-state index contributed by atoms with van der Waals surface area (Å²) < 4.78 is 5.14. The second-order valence-corrected chi connectivity index (χ2v) is 5.72. The van der Waals surface area contributed by atoms with Gasteiger partial charge < -0.3 is 9.64 Å². The molecule has 0 radical (unpaired) electrons. The van der Waals surface area contributed by atoms with Crippen molar-refractivity contribution in [2.75, 3.05) is 26.3 Å². The highest BCUT2D eigenvalue weighted by atomic mass is 35.5. The van der Waals surface area contributed by atoms with Crippen LogP contribution in [0, 0.1) is 17.8 Å². The molecule has 0 bridgehead atoms. The summed E-state index contributed by atoms with van der Waals surface area (Å²) in [7, 11) is 0. The van der Waals surface area contributed by atoms with Gasteiger partial charge in [0.05, 0.1) is 6.54 Å². The zero-order chi connectivity index (χ0) is 14.7. The fourth-order valence-electron chi connectivity index (χ4n) is 1.53. The average Bonchev–Trinajstić information content (AvgIpc) is 2.33. The molecule has 4 heteroatoms. The van der Waals surface area contributed by atoms with E-state index in [9.17, 15) is 4.79 Å². The van der Waals surface area contributed by atoms with Crippen LogP contribution in [0.3, 0.4) is 0 Å². The lowest BCUT2D eigenvalue weighted by Crippen LogP contribution is -2.34. The molecule has 0 aromatic heterocycles. The van der Waals surface area contributed by atoms with Crippen LogP contribution in [0.1, 0.15) is 40.5 Å². The zero-order valence-electron chi connectivity index (χ0n) is 12.5. The van der Waals surface area contributed by atoms with Crippen molar-refractivity contribution in [2.45, 2.75) is 45.9 Å². The number of hydrogen-bond acceptors (Lipinski definition) is 2. The molecule has 0 aromatic rings. The SMILES string of the molecule is CCOCC#CCN(CC(C)C)C(=O)CCC(C)Cl. The summed E-state index contributed by atoms with van der Waals surface area (Å²) in [5.74, 6) is 6.48. The van der Waals surface area contributed by atoms with Crippen LogP contribution in [0.25, 0.3) is 0 Å². The number of rotatable bonds is 8. The molecule has 0 saturated carbocycles. The first-order valence-corrected chi connectivity index (χ1v) is 7.36. The zero-order valence-corrected chi connectivity index (χ0v) is 13.3. The lowest BCUT2D eigenvalue weighted by atomic mass is 10.1. The number of ether oxygens (including phenoxy) is 1. The van der Waals surface area contributed by atoms with Gasteiger partial charge in [-0.2, -0.15) is 0 Å². The van der Waals surface area contributed by atoms with Gasteiger partial charge >= 0.3 is 0 Å². The third-order valence-electron chi connectivity index (χ3n) is 2.47. The Morgan fingerprint density at radius 1 is 1.32 bits per heavy atom. The van der Waals surface area contributed by atoms with Crippen molar-refractivity contribution in [2.24, 2.45) is 5.92 Å². The standard InChI is InChI=1S/C15H26ClNO2/c1-5-19-11-7-6-10-17(12-13(2)3)15(18)9-8-14(4)16/h13-14H,5,8-12H2,1-4H3. The van der Waals surface area contributed by atoms with Gasteiger partial charge in [-0.05, 0) is 26.2 Å². The maximum absolute atomic E-state index is 12.1. The van der Waals surface area contributed by atoms with Gasteiger partial charge in [-0.1, -0.05) is 25.7 Å². The molecule has 19 heavy (non-hydrogen) atoms. The second kappa shape index (κ2) is 11.1. The van der Waals surface area contributed by atoms with Crippen LogP contribution in [-0.2, 0) is 9.53 Å². The Morgan fingerprint density at radius 2 is 2.00 bits per heavy atom. The third-order valence-corrected chi connectivity index (χ3v) is 2.69. The van der Waals surface area contributed by atoms with Gasteiger partial charge in [0.15, 0.2) is 0 Å². The van der Waals surface area contributed by atoms with Gasteiger partial charge in [0.25, 0.3) is 0 Å². The first kappa shape index (κ1) is 18.3. The van der Waals surface area contributed by atoms with E-state index in [1.807, 2.05) is 18.7 Å². The van der Waals surface area contributed by atoms with E-state index < -0.39 is 0 Å². The first-order chi connectivity index (χ1) is 8.97. The molecule has 0 aromatic carbocycles. The van der Waals surface area contributed by atoms with Gasteiger partial charge in [0.1, 0.15) is 6.61 Å². The Morgan fingerprint density at radius 3 is 2.53 bits per heavy atom. The molecular weight excluding hydrogens is 262 g/mol. The minimum atomic E-state index is 0.0360. The Bertz CT molecular complexity index is 305. The quantitative estimate of drug-likeness (QED) is 0.390. The fraction of sp³-hybridized carbons (Fsp3) is 0.800. The molecule has 0 rings (SSSR count). The molecule has 0 spiro atoms. The van der Waals surface area contributed by atoms with E-state index >= 15 is 0 Å². The molecule has 0 aliphatic carbocycles. The number of amides is 1. The van der Waals surface area contributed by atoms with Crippen LogP contribution in [-0.4, -0.2) is 42.5 Å². The Kier molecular flexibility index (Phi) is 10.7. The Hall–Kier alpha value is -0.720. The number of carbonyl (C=O) groups excluding carboxylic acids is 1. The molecular formula is C15H26ClNO2. The molecule has 110 valence electrons. The van der Waals surface area contributed by atoms with Crippen molar-refractivity contribution in [3.05, 3.63) is 0 Å². The number of hydrogen-bond donors (Lipinski definition) is 0. The van der Waals surface area contributed by atoms with Gasteiger partial charge in [-0.15, -0.1) is 11.6 Å². The summed E-state index contributed by atoms with van der Waals surface area (Å²) in [5, 5.41) is 0.0360. The normalized spacial score (nSPS) is 11.9. The third kappa shape index (κ3) is 10.9. The lowest BCUT2D eigenvalue weighted by molar-refractivity contribution is -0.131. The van der Waals surface area contributed by atoms with Gasteiger partial charge in [-0.25, -0.2) is 0 Å². The highest BCUT2D eigenvalue weighted by Crippen LogP contribution is 2.08. The van der Waals surface area contributed by atoms with Crippen LogP contribution in [0.5, 0.6) is 0 Å². The molecule has 0 aliphatic rings. The van der Waals surface area contributed by atoms with Gasteiger partial charge in [0, 0.05) is 24.9 Å². The van der Waals surface area contributed by atoms with E-state index in [-0.39, 0.29) is 11.3 Å². The summed E-state index contributed by atoms with van der Waals surface area (Å²) in [5.41, 5.74) is 0. The average molecular weight is 288 g/mol. The van der Waals surface area contributed by atoms with Crippen molar-refractivity contribution in [1.29, 1.82) is 0 Å². The molecule has 1 atom stereocenters. The summed E-state index contributed by atoms with van der Waals surface area (Å²) in [6.45, 7) is 10.3. The summed E-state index contributed by atoms with van der Waals surface area (Å²) in [4.78, 5) is 13.9. The summed E-state index contributed by atoms with van der Waals surface area (Å²) in [6, 6.07) is 0. The largest absolute Gasteiger partial charge is 0.369 e. The van der Waals surface area contributed by atoms with Crippen LogP contribution in [0.2, 0.25) is 0 Å². The van der Waals surface area contributed by atoms with E-state index in [0.717, 1.165) is 6.54 Å². The highest BCUT2D eigenvalue weighted by Gasteiger charge is 2.14. The van der Waals surface area contributed by atoms with Crippen molar-refractivity contribution < 1.29 is 9.53 Å². The number of halogens is 1. The molecule has 3 nitrogen and oxygen atoms in total. The predicted octanol–water partition coefficient (Wildman–Crippen LogP) is 2.92. The van der Waals surface area contributed by atoms with Crippen molar-refractivity contribution in [1.82, 2.24) is 4.90 Å². The highest BCUT2D eigenvalue weighted by molar-refractivity contribution is 6.20. The monoisotopic (exact) mass is 287 g/mol. The first-order valence-electron chi connectivity index (χ1n) is 6.92. The summed E-state index contributed by atoms with van der Waals surface area (Å²) in [6.07, 6.45) is 1.20. The van der Waals surface area contributed by atoms with Crippen molar-refractivity contribution in [3.8, 4) is 11.8 Å². The number of alkyl halides is 1. The van der Waals surface area contributed by atoms with Crippen LogP contribution < -0.4 is 0 Å². The Labute approximate surface area is 122 Å². The molecule has 1 unspecified atom stereocenters. The number of nitrogens with zero attached hydrogens (tertiary/aromatic N) is 1. The number of carbonyl (C=O) groups is 1. The summed E-state index contributed by atoms with van der Waals surface area (Å²) >= 11 is 5.88. The minimum Gasteiger partial charge on any atom is -0.369 e. The second-order valence-electron chi connectivity index (χ2n) is 4.98. The van der Waals surface area contributed by atoms with Crippen LogP contribution in [0.15, 0.2) is 0 Å². The molecule has 0 aliphatic heterocycles. The molecule has 0 saturated heterocycles. The maximum Gasteiger partial charge on any atom is 0.223 e. The van der Waals surface area contributed by atoms with Crippen LogP contribution >= 0.6 is 11.6 Å². The molecule has 0 N–H and O–H groups in total. The van der Waals surface area contributed by atoms with E-state index in [1.165, 1.54) is 0 Å². The van der Waals surface area contributed by atoms with E-state index in [2.05, 4.69) is 25.7 Å². The lowest BCUT2D eigenvalue weighted by Gasteiger charge is -2.22. The van der Waals surface area contributed by atoms with E-state index in [0.29, 0.717) is 38.5 Å². The van der Waals surface area contributed by atoms with E-state index in [4.69, 9.17) is 16.3 Å². The molecule has 0 fully saturated rings. The smallest absolute Gasteiger partial charge is 0.223 e. The van der Waals surface area contributed by atoms with Crippen molar-refractivity contribution >= 4 is 17.5 Å². The van der Waals surface area contributed by atoms with Crippen molar-refractivity contribution in [3.63, 3.8) is 0 Å². The topological polar surface area (TPSA) is 29.5 Å². The van der Waals surface area contributed by atoms with E-state index in [1.54, 1.807) is 0 Å². The predicted molar refractivity (Wildman–Crippen MR) is 80.2 cm³/mol. The van der Waals surface area contributed by atoms with Gasteiger partial charge in [-0.3, -0.25) is 4.79 Å². The fourth-order valence-corrected chi connectivity index (χ4v) is 1.64. The van der Waals surface area contributed by atoms with Crippen LogP contribution in [0.4, 0.5) is 0 Å². The minimum absolute atomic E-state index is 0.0360. The van der Waals surface area contributed by atoms with Gasteiger partial charge in [0.2, 0.25) is 5.91 Å². The maximum atomic E-state index is 12.1. The molecule has 0 heterocycles. The Balaban J connectivity index is 4.27. The molecule has 1 amide bonds.